The van der Waals surface area contributed by atoms with Crippen LogP contribution < -0.4 is 5.32 Å². The molecule has 1 aromatic heterocycles. The number of aromatic nitrogens is 2. The number of non-ortho nitro benzene ring substituents is 1. The molecule has 0 radical (unpaired) electrons. The molecule has 1 aromatic carbocycles. The van der Waals surface area contributed by atoms with Crippen molar-refractivity contribution in [2.75, 3.05) is 6.54 Å². The molecular weight excluding hydrogens is 292 g/mol. The Morgan fingerprint density at radius 2 is 2.05 bits per heavy atom. The minimum absolute atomic E-state index is 0.115. The number of rotatable bonds is 6. The molecule has 2 rings (SSSR count). The molecule has 21 heavy (non-hydrogen) atoms. The number of nitrogens with one attached hydrogen (secondary N) is 1. The minimum atomic E-state index is -0.394. The van der Waals surface area contributed by atoms with Crippen LogP contribution in [-0.4, -0.2) is 21.2 Å². The molecule has 0 aliphatic rings. The summed E-state index contributed by atoms with van der Waals surface area (Å²) in [6.45, 7) is 3.35. The fraction of sp³-hybridized carbons (Fsp3) is 0.357. The first-order valence-corrected chi connectivity index (χ1v) is 6.99. The predicted octanol–water partition coefficient (Wildman–Crippen LogP) is 2.62. The van der Waals surface area contributed by atoms with E-state index < -0.39 is 4.92 Å². The van der Waals surface area contributed by atoms with Crippen LogP contribution in [0.15, 0.2) is 24.3 Å². The van der Waals surface area contributed by atoms with Gasteiger partial charge in [-0.25, -0.2) is 0 Å². The Hall–Kier alpha value is -1.92. The van der Waals surface area contributed by atoms with Crippen LogP contribution in [0.3, 0.4) is 0 Å². The highest BCUT2D eigenvalue weighted by Crippen LogP contribution is 2.18. The molecule has 7 heteroatoms. The van der Waals surface area contributed by atoms with E-state index >= 15 is 0 Å². The third-order valence-corrected chi connectivity index (χ3v) is 3.78. The van der Waals surface area contributed by atoms with E-state index in [-0.39, 0.29) is 5.69 Å². The lowest BCUT2D eigenvalue weighted by atomic mass is 10.1. The van der Waals surface area contributed by atoms with Gasteiger partial charge in [-0.05, 0) is 25.5 Å². The third-order valence-electron chi connectivity index (χ3n) is 3.31. The summed E-state index contributed by atoms with van der Waals surface area (Å²) in [6.07, 6.45) is 0.801. The van der Waals surface area contributed by atoms with Gasteiger partial charge in [-0.1, -0.05) is 23.7 Å². The first-order valence-electron chi connectivity index (χ1n) is 6.61. The number of halogens is 1. The molecule has 0 spiro atoms. The first-order chi connectivity index (χ1) is 9.99. The number of nitro groups is 1. The van der Waals surface area contributed by atoms with Gasteiger partial charge in [0.2, 0.25) is 0 Å². The van der Waals surface area contributed by atoms with Gasteiger partial charge in [0.15, 0.2) is 0 Å². The Morgan fingerprint density at radius 3 is 2.57 bits per heavy atom. The molecule has 0 saturated carbocycles. The molecule has 2 aromatic rings. The van der Waals surface area contributed by atoms with E-state index in [2.05, 4.69) is 10.4 Å². The lowest BCUT2D eigenvalue weighted by molar-refractivity contribution is -0.384. The fourth-order valence-corrected chi connectivity index (χ4v) is 2.35. The molecular formula is C14H17ClN4O2. The van der Waals surface area contributed by atoms with Gasteiger partial charge >= 0.3 is 0 Å². The quantitative estimate of drug-likeness (QED) is 0.506. The fourth-order valence-electron chi connectivity index (χ4n) is 2.11. The number of hydrogen-bond donors (Lipinski definition) is 1. The van der Waals surface area contributed by atoms with E-state index in [1.54, 1.807) is 16.8 Å². The van der Waals surface area contributed by atoms with Crippen LogP contribution in [0.5, 0.6) is 0 Å². The van der Waals surface area contributed by atoms with Gasteiger partial charge in [-0.15, -0.1) is 0 Å². The van der Waals surface area contributed by atoms with Crippen LogP contribution in [0, 0.1) is 17.0 Å². The van der Waals surface area contributed by atoms with Gasteiger partial charge in [-0.3, -0.25) is 14.8 Å². The van der Waals surface area contributed by atoms with E-state index in [1.165, 1.54) is 12.1 Å². The van der Waals surface area contributed by atoms with Crippen molar-refractivity contribution in [3.05, 3.63) is 56.4 Å². The molecule has 0 aliphatic heterocycles. The van der Waals surface area contributed by atoms with E-state index in [4.69, 9.17) is 11.6 Å². The van der Waals surface area contributed by atoms with E-state index in [1.807, 2.05) is 14.0 Å². The molecule has 1 N–H and O–H groups in total. The molecule has 6 nitrogen and oxygen atoms in total. The summed E-state index contributed by atoms with van der Waals surface area (Å²) in [4.78, 5) is 10.2. The molecule has 112 valence electrons. The van der Waals surface area contributed by atoms with Crippen molar-refractivity contribution in [3.8, 4) is 0 Å². The molecule has 0 atom stereocenters. The second-order valence-corrected chi connectivity index (χ2v) is 5.19. The molecule has 0 amide bonds. The van der Waals surface area contributed by atoms with Crippen molar-refractivity contribution in [2.45, 2.75) is 19.9 Å². The summed E-state index contributed by atoms with van der Waals surface area (Å²) in [5, 5.41) is 18.8. The van der Waals surface area contributed by atoms with Crippen LogP contribution >= 0.6 is 11.6 Å². The average Bonchev–Trinajstić information content (AvgIpc) is 2.69. The summed E-state index contributed by atoms with van der Waals surface area (Å²) in [6, 6.07) is 6.61. The highest BCUT2D eigenvalue weighted by atomic mass is 35.5. The maximum Gasteiger partial charge on any atom is 0.269 e. The summed E-state index contributed by atoms with van der Waals surface area (Å²) in [5.74, 6) is 0. The predicted molar refractivity (Wildman–Crippen MR) is 81.5 cm³/mol. The summed E-state index contributed by atoms with van der Waals surface area (Å²) >= 11 is 6.15. The van der Waals surface area contributed by atoms with Crippen molar-refractivity contribution >= 4 is 17.3 Å². The summed E-state index contributed by atoms with van der Waals surface area (Å²) in [7, 11) is 1.82. The lowest BCUT2D eigenvalue weighted by Crippen LogP contribution is -2.17. The van der Waals surface area contributed by atoms with Crippen LogP contribution in [-0.2, 0) is 20.0 Å². The zero-order chi connectivity index (χ0) is 15.4. The van der Waals surface area contributed by atoms with E-state index in [0.29, 0.717) is 11.7 Å². The van der Waals surface area contributed by atoms with Crippen LogP contribution in [0.1, 0.15) is 16.8 Å². The zero-order valence-electron chi connectivity index (χ0n) is 12.0. The maximum atomic E-state index is 10.6. The van der Waals surface area contributed by atoms with Crippen molar-refractivity contribution in [1.29, 1.82) is 0 Å². The van der Waals surface area contributed by atoms with Gasteiger partial charge < -0.3 is 5.32 Å². The van der Waals surface area contributed by atoms with Crippen LogP contribution in [0.25, 0.3) is 0 Å². The molecule has 1 heterocycles. The molecule has 0 unspecified atom stereocenters. The number of nitrogens with zero attached hydrogens (tertiary/aromatic N) is 3. The number of benzene rings is 1. The standard InChI is InChI=1S/C14H17ClN4O2/c1-10-13(14(15)18(2)17-10)9-16-8-7-11-3-5-12(6-4-11)19(20)21/h3-6,16H,7-9H2,1-2H3. The largest absolute Gasteiger partial charge is 0.312 e. The molecule has 0 bridgehead atoms. The number of hydrogen-bond acceptors (Lipinski definition) is 4. The van der Waals surface area contributed by atoms with Gasteiger partial charge in [-0.2, -0.15) is 5.10 Å². The van der Waals surface area contributed by atoms with Crippen molar-refractivity contribution < 1.29 is 4.92 Å². The number of nitro benzene ring substituents is 1. The Labute approximate surface area is 127 Å². The smallest absolute Gasteiger partial charge is 0.269 e. The zero-order valence-corrected chi connectivity index (χ0v) is 12.7. The highest BCUT2D eigenvalue weighted by molar-refractivity contribution is 6.30. The van der Waals surface area contributed by atoms with Crippen LogP contribution in [0.4, 0.5) is 5.69 Å². The normalized spacial score (nSPS) is 10.8. The lowest BCUT2D eigenvalue weighted by Gasteiger charge is -2.05. The Kier molecular flexibility index (Phi) is 4.93. The first kappa shape index (κ1) is 15.5. The van der Waals surface area contributed by atoms with Gasteiger partial charge in [0.25, 0.3) is 5.69 Å². The second-order valence-electron chi connectivity index (χ2n) is 4.83. The third kappa shape index (κ3) is 3.80. The maximum absolute atomic E-state index is 10.6. The molecule has 0 aliphatic carbocycles. The summed E-state index contributed by atoms with van der Waals surface area (Å²) < 4.78 is 1.66. The van der Waals surface area contributed by atoms with Gasteiger partial charge in [0, 0.05) is 31.3 Å². The van der Waals surface area contributed by atoms with Crippen molar-refractivity contribution in [1.82, 2.24) is 15.1 Å². The van der Waals surface area contributed by atoms with Gasteiger partial charge in [0.05, 0.1) is 10.6 Å². The molecule has 0 saturated heterocycles. The molecule has 0 fully saturated rings. The number of aryl methyl sites for hydroxylation is 2. The Bertz CT molecular complexity index is 637. The Balaban J connectivity index is 1.83. The topological polar surface area (TPSA) is 73.0 Å². The van der Waals surface area contributed by atoms with E-state index in [9.17, 15) is 10.1 Å². The SMILES string of the molecule is Cc1nn(C)c(Cl)c1CNCCc1ccc([N+](=O)[O-])cc1. The van der Waals surface area contributed by atoms with Gasteiger partial charge in [0.1, 0.15) is 5.15 Å². The van der Waals surface area contributed by atoms with Crippen molar-refractivity contribution in [2.24, 2.45) is 7.05 Å². The Morgan fingerprint density at radius 1 is 1.38 bits per heavy atom. The van der Waals surface area contributed by atoms with E-state index in [0.717, 1.165) is 29.8 Å². The highest BCUT2D eigenvalue weighted by Gasteiger charge is 2.10. The minimum Gasteiger partial charge on any atom is -0.312 e. The second kappa shape index (κ2) is 6.69. The van der Waals surface area contributed by atoms with Crippen molar-refractivity contribution in [3.63, 3.8) is 0 Å². The average molecular weight is 309 g/mol. The van der Waals surface area contributed by atoms with Crippen LogP contribution in [0.2, 0.25) is 5.15 Å². The monoisotopic (exact) mass is 308 g/mol. The summed E-state index contributed by atoms with van der Waals surface area (Å²) in [5.41, 5.74) is 3.10.